The summed E-state index contributed by atoms with van der Waals surface area (Å²) in [6.07, 6.45) is 0. The van der Waals surface area contributed by atoms with E-state index in [1.165, 1.54) is 30.3 Å². The van der Waals surface area contributed by atoms with Crippen LogP contribution in [0.2, 0.25) is 5.02 Å². The van der Waals surface area contributed by atoms with Gasteiger partial charge in [-0.05, 0) is 42.8 Å². The normalized spacial score (nSPS) is 11.2. The minimum Gasteiger partial charge on any atom is -0.457 e. The zero-order chi connectivity index (χ0) is 22.6. The van der Waals surface area contributed by atoms with Crippen molar-refractivity contribution in [3.05, 3.63) is 104 Å². The summed E-state index contributed by atoms with van der Waals surface area (Å²) in [7, 11) is -3.50. The standard InChI is InChI=1S/C22H18ClNO6S/c1-15-2-10-20(11-3-15)31(28,29)14-16-4-6-17(7-5-16)22(25)30-13-18-8-9-19(24(26)27)12-21(18)23/h2-12H,13-14H2,1H3. The highest BCUT2D eigenvalue weighted by Gasteiger charge is 2.16. The molecule has 0 aliphatic carbocycles. The summed E-state index contributed by atoms with van der Waals surface area (Å²) in [5.41, 5.74) is 2.03. The molecule has 9 heteroatoms. The lowest BCUT2D eigenvalue weighted by molar-refractivity contribution is -0.384. The highest BCUT2D eigenvalue weighted by atomic mass is 35.5. The summed E-state index contributed by atoms with van der Waals surface area (Å²) in [5.74, 6) is -0.813. The maximum atomic E-state index is 12.5. The number of carbonyl (C=O) groups excluding carboxylic acids is 1. The van der Waals surface area contributed by atoms with Gasteiger partial charge in [0.2, 0.25) is 0 Å². The molecule has 0 unspecified atom stereocenters. The summed E-state index contributed by atoms with van der Waals surface area (Å²) in [4.78, 5) is 22.7. The fraction of sp³-hybridized carbons (Fsp3) is 0.136. The van der Waals surface area contributed by atoms with Gasteiger partial charge < -0.3 is 4.74 Å². The van der Waals surface area contributed by atoms with E-state index in [0.717, 1.165) is 5.56 Å². The number of nitro benzene ring substituents is 1. The number of rotatable bonds is 7. The van der Waals surface area contributed by atoms with Crippen LogP contribution in [0.4, 0.5) is 5.69 Å². The topological polar surface area (TPSA) is 104 Å². The Morgan fingerprint density at radius 2 is 1.68 bits per heavy atom. The fourth-order valence-electron chi connectivity index (χ4n) is 2.78. The summed E-state index contributed by atoms with van der Waals surface area (Å²) >= 11 is 5.99. The van der Waals surface area contributed by atoms with Crippen molar-refractivity contribution in [1.82, 2.24) is 0 Å². The van der Waals surface area contributed by atoms with E-state index in [9.17, 15) is 23.3 Å². The van der Waals surface area contributed by atoms with Gasteiger partial charge in [-0.3, -0.25) is 10.1 Å². The molecule has 3 aromatic carbocycles. The molecule has 0 amide bonds. The summed E-state index contributed by atoms with van der Waals surface area (Å²) in [6.45, 7) is 1.73. The van der Waals surface area contributed by atoms with E-state index in [4.69, 9.17) is 16.3 Å². The zero-order valence-corrected chi connectivity index (χ0v) is 18.0. The Hall–Kier alpha value is -3.23. The molecule has 31 heavy (non-hydrogen) atoms. The predicted octanol–water partition coefficient (Wildman–Crippen LogP) is 4.89. The Morgan fingerprint density at radius 3 is 2.26 bits per heavy atom. The lowest BCUT2D eigenvalue weighted by Crippen LogP contribution is -2.07. The molecule has 160 valence electrons. The first-order valence-corrected chi connectivity index (χ1v) is 11.2. The van der Waals surface area contributed by atoms with Crippen molar-refractivity contribution in [2.24, 2.45) is 0 Å². The number of aryl methyl sites for hydroxylation is 1. The van der Waals surface area contributed by atoms with Crippen molar-refractivity contribution in [2.45, 2.75) is 24.2 Å². The SMILES string of the molecule is Cc1ccc(S(=O)(=O)Cc2ccc(C(=O)OCc3ccc([N+](=O)[O-])cc3Cl)cc2)cc1. The van der Waals surface area contributed by atoms with Crippen molar-refractivity contribution < 1.29 is 22.9 Å². The molecule has 3 rings (SSSR count). The Kier molecular flexibility index (Phi) is 6.72. The number of nitro groups is 1. The van der Waals surface area contributed by atoms with E-state index < -0.39 is 20.7 Å². The Balaban J connectivity index is 1.64. The Morgan fingerprint density at radius 1 is 1.03 bits per heavy atom. The van der Waals surface area contributed by atoms with Crippen molar-refractivity contribution in [3.8, 4) is 0 Å². The molecular formula is C22H18ClNO6S. The van der Waals surface area contributed by atoms with Gasteiger partial charge in [0.25, 0.3) is 5.69 Å². The molecule has 0 heterocycles. The van der Waals surface area contributed by atoms with Crippen LogP contribution in [0.5, 0.6) is 0 Å². The van der Waals surface area contributed by atoms with Gasteiger partial charge in [0.15, 0.2) is 9.84 Å². The highest BCUT2D eigenvalue weighted by Crippen LogP contribution is 2.23. The number of benzene rings is 3. The van der Waals surface area contributed by atoms with Gasteiger partial charge in [-0.15, -0.1) is 0 Å². The van der Waals surface area contributed by atoms with Crippen LogP contribution in [0.15, 0.2) is 71.6 Å². The van der Waals surface area contributed by atoms with E-state index in [0.29, 0.717) is 11.1 Å². The smallest absolute Gasteiger partial charge is 0.338 e. The van der Waals surface area contributed by atoms with Crippen LogP contribution in [0.3, 0.4) is 0 Å². The van der Waals surface area contributed by atoms with Gasteiger partial charge in [-0.25, -0.2) is 13.2 Å². The van der Waals surface area contributed by atoms with Gasteiger partial charge in [0, 0.05) is 17.7 Å². The Labute approximate surface area is 184 Å². The van der Waals surface area contributed by atoms with Gasteiger partial charge in [0.1, 0.15) is 6.61 Å². The molecule has 0 radical (unpaired) electrons. The second-order valence-electron chi connectivity index (χ2n) is 6.88. The molecule has 0 aromatic heterocycles. The summed E-state index contributed by atoms with van der Waals surface area (Å²) < 4.78 is 30.3. The zero-order valence-electron chi connectivity index (χ0n) is 16.4. The maximum absolute atomic E-state index is 12.5. The number of nitrogens with zero attached hydrogens (tertiary/aromatic N) is 1. The first-order valence-electron chi connectivity index (χ1n) is 9.14. The van der Waals surface area contributed by atoms with E-state index >= 15 is 0 Å². The number of non-ortho nitro benzene ring substituents is 1. The molecule has 0 saturated heterocycles. The maximum Gasteiger partial charge on any atom is 0.338 e. The van der Waals surface area contributed by atoms with Crippen LogP contribution in [0.1, 0.15) is 27.0 Å². The summed E-state index contributed by atoms with van der Waals surface area (Å²) in [5, 5.41) is 10.9. The monoisotopic (exact) mass is 459 g/mol. The molecule has 3 aromatic rings. The lowest BCUT2D eigenvalue weighted by Gasteiger charge is -2.08. The minimum atomic E-state index is -3.50. The fourth-order valence-corrected chi connectivity index (χ4v) is 4.36. The average molecular weight is 460 g/mol. The first kappa shape index (κ1) is 22.5. The highest BCUT2D eigenvalue weighted by molar-refractivity contribution is 7.90. The van der Waals surface area contributed by atoms with Crippen LogP contribution >= 0.6 is 11.6 Å². The number of hydrogen-bond donors (Lipinski definition) is 0. The lowest BCUT2D eigenvalue weighted by atomic mass is 10.1. The van der Waals surface area contributed by atoms with E-state index in [-0.39, 0.29) is 33.5 Å². The number of carbonyl (C=O) groups is 1. The molecule has 7 nitrogen and oxygen atoms in total. The predicted molar refractivity (Wildman–Crippen MR) is 116 cm³/mol. The number of hydrogen-bond acceptors (Lipinski definition) is 6. The molecule has 0 aliphatic rings. The van der Waals surface area contributed by atoms with Gasteiger partial charge >= 0.3 is 5.97 Å². The van der Waals surface area contributed by atoms with Crippen LogP contribution in [-0.4, -0.2) is 19.3 Å². The average Bonchev–Trinajstić information content (AvgIpc) is 2.73. The molecular weight excluding hydrogens is 442 g/mol. The molecule has 0 N–H and O–H groups in total. The van der Waals surface area contributed by atoms with Crippen LogP contribution in [0.25, 0.3) is 0 Å². The number of sulfone groups is 1. The first-order chi connectivity index (χ1) is 14.7. The second kappa shape index (κ2) is 9.28. The van der Waals surface area contributed by atoms with Crippen molar-refractivity contribution in [1.29, 1.82) is 0 Å². The third-order valence-electron chi connectivity index (χ3n) is 4.53. The van der Waals surface area contributed by atoms with Gasteiger partial charge in [-0.2, -0.15) is 0 Å². The molecule has 0 aliphatic heterocycles. The minimum absolute atomic E-state index is 0.124. The quantitative estimate of drug-likeness (QED) is 0.283. The van der Waals surface area contributed by atoms with Gasteiger partial charge in [0.05, 0.1) is 26.2 Å². The number of halogens is 1. The summed E-state index contributed by atoms with van der Waals surface area (Å²) in [6, 6.07) is 16.6. The van der Waals surface area contributed by atoms with Crippen LogP contribution in [-0.2, 0) is 26.9 Å². The van der Waals surface area contributed by atoms with Crippen LogP contribution < -0.4 is 0 Å². The third-order valence-corrected chi connectivity index (χ3v) is 6.59. The largest absolute Gasteiger partial charge is 0.457 e. The molecule has 0 atom stereocenters. The second-order valence-corrected chi connectivity index (χ2v) is 9.27. The Bertz CT molecular complexity index is 1220. The van der Waals surface area contributed by atoms with Crippen molar-refractivity contribution in [2.75, 3.05) is 0 Å². The molecule has 0 saturated carbocycles. The number of ether oxygens (including phenoxy) is 1. The van der Waals surface area contributed by atoms with E-state index in [1.807, 2.05) is 6.92 Å². The van der Waals surface area contributed by atoms with Crippen LogP contribution in [0, 0.1) is 17.0 Å². The van der Waals surface area contributed by atoms with Crippen molar-refractivity contribution >= 4 is 33.1 Å². The van der Waals surface area contributed by atoms with Crippen molar-refractivity contribution in [3.63, 3.8) is 0 Å². The van der Waals surface area contributed by atoms with E-state index in [2.05, 4.69) is 0 Å². The molecule has 0 bridgehead atoms. The third kappa shape index (κ3) is 5.68. The van der Waals surface area contributed by atoms with Gasteiger partial charge in [-0.1, -0.05) is 41.4 Å². The number of esters is 1. The van der Waals surface area contributed by atoms with E-state index in [1.54, 1.807) is 36.4 Å². The molecule has 0 fully saturated rings. The molecule has 0 spiro atoms.